The number of piperazine rings is 1. The van der Waals surface area contributed by atoms with E-state index < -0.39 is 23.9 Å². The Labute approximate surface area is 148 Å². The number of carbonyl (C=O) groups is 2. The maximum Gasteiger partial charge on any atom is 0.393 e. The molecule has 2 aliphatic rings. The molecule has 2 aliphatic heterocycles. The van der Waals surface area contributed by atoms with Crippen LogP contribution in [0.1, 0.15) is 11.5 Å². The average Bonchev–Trinajstić information content (AvgIpc) is 3.16. The molecule has 0 aliphatic carbocycles. The highest BCUT2D eigenvalue weighted by molar-refractivity contribution is 5.87. The number of carbonyl (C=O) groups excluding carboxylic acids is 2. The van der Waals surface area contributed by atoms with Gasteiger partial charge in [0.05, 0.1) is 30.6 Å². The van der Waals surface area contributed by atoms with Crippen molar-refractivity contribution in [1.82, 2.24) is 19.9 Å². The number of alkyl halides is 3. The molecule has 0 spiro atoms. The van der Waals surface area contributed by atoms with E-state index in [2.05, 4.69) is 5.16 Å². The number of nitrogens with zero attached hydrogens (tertiary/aromatic N) is 4. The second-order valence-electron chi connectivity index (χ2n) is 6.96. The van der Waals surface area contributed by atoms with Crippen LogP contribution in [0.15, 0.2) is 10.6 Å². The summed E-state index contributed by atoms with van der Waals surface area (Å²) in [6, 6.07) is 1.66. The highest BCUT2D eigenvalue weighted by Crippen LogP contribution is 2.39. The van der Waals surface area contributed by atoms with Crippen LogP contribution in [0, 0.1) is 18.8 Å². The lowest BCUT2D eigenvalue weighted by atomic mass is 9.93. The van der Waals surface area contributed by atoms with E-state index in [1.54, 1.807) is 24.9 Å². The molecule has 0 unspecified atom stereocenters. The Morgan fingerprint density at radius 3 is 2.65 bits per heavy atom. The van der Waals surface area contributed by atoms with Crippen LogP contribution in [0.4, 0.5) is 13.2 Å². The van der Waals surface area contributed by atoms with Gasteiger partial charge in [0.1, 0.15) is 0 Å². The zero-order chi connectivity index (χ0) is 19.1. The van der Waals surface area contributed by atoms with Crippen molar-refractivity contribution in [2.75, 3.05) is 39.8 Å². The van der Waals surface area contributed by atoms with E-state index in [9.17, 15) is 22.8 Å². The van der Waals surface area contributed by atoms with Crippen molar-refractivity contribution in [3.05, 3.63) is 17.5 Å². The highest BCUT2D eigenvalue weighted by atomic mass is 19.4. The fraction of sp³-hybridized carbons (Fsp3) is 0.688. The number of rotatable bonds is 3. The molecule has 0 saturated carbocycles. The Morgan fingerprint density at radius 1 is 1.35 bits per heavy atom. The Hall–Kier alpha value is -2.10. The number of aryl methyl sites for hydroxylation is 1. The van der Waals surface area contributed by atoms with Gasteiger partial charge in [0.2, 0.25) is 11.8 Å². The van der Waals surface area contributed by atoms with E-state index in [0.29, 0.717) is 18.0 Å². The van der Waals surface area contributed by atoms with Crippen LogP contribution >= 0.6 is 0 Å². The van der Waals surface area contributed by atoms with Crippen LogP contribution in [0.3, 0.4) is 0 Å². The monoisotopic (exact) mass is 374 g/mol. The summed E-state index contributed by atoms with van der Waals surface area (Å²) in [5.41, 5.74) is 0.648. The van der Waals surface area contributed by atoms with Gasteiger partial charge in [-0.15, -0.1) is 0 Å². The predicted molar refractivity (Wildman–Crippen MR) is 83.8 cm³/mol. The molecule has 2 atom stereocenters. The van der Waals surface area contributed by atoms with E-state index in [4.69, 9.17) is 4.52 Å². The van der Waals surface area contributed by atoms with Crippen molar-refractivity contribution in [3.63, 3.8) is 0 Å². The van der Waals surface area contributed by atoms with Crippen LogP contribution in [0.5, 0.6) is 0 Å². The number of hydrogen-bond donors (Lipinski definition) is 0. The molecule has 0 aromatic carbocycles. The molecule has 3 heterocycles. The molecule has 144 valence electrons. The smallest absolute Gasteiger partial charge is 0.360 e. The van der Waals surface area contributed by atoms with Crippen LogP contribution in [0.2, 0.25) is 0 Å². The maximum atomic E-state index is 13.5. The Bertz CT molecular complexity index is 691. The predicted octanol–water partition coefficient (Wildman–Crippen LogP) is 0.894. The normalized spacial score (nSPS) is 25.2. The summed E-state index contributed by atoms with van der Waals surface area (Å²) in [6.07, 6.45) is -4.48. The number of likely N-dealkylation sites (N-methyl/N-ethyl adjacent to an activating group) is 1. The van der Waals surface area contributed by atoms with Gasteiger partial charge in [-0.25, -0.2) is 0 Å². The van der Waals surface area contributed by atoms with Gasteiger partial charge in [-0.3, -0.25) is 14.5 Å². The van der Waals surface area contributed by atoms with Crippen molar-refractivity contribution in [1.29, 1.82) is 0 Å². The van der Waals surface area contributed by atoms with Crippen molar-refractivity contribution >= 4 is 11.8 Å². The Morgan fingerprint density at radius 2 is 2.08 bits per heavy atom. The standard InChI is InChI=1S/C16H21F3N4O3/c1-10-5-11(26-20-10)6-22-7-12(13(8-22)16(17,18)19)15(25)23-4-3-21(2)14(24)9-23/h5,12-13H,3-4,6-9H2,1-2H3/t12-,13-/m1/s1. The van der Waals surface area contributed by atoms with Gasteiger partial charge in [0, 0.05) is 39.3 Å². The van der Waals surface area contributed by atoms with Crippen molar-refractivity contribution < 1.29 is 27.3 Å². The number of aromatic nitrogens is 1. The number of hydrogen-bond acceptors (Lipinski definition) is 5. The number of amides is 2. The third kappa shape index (κ3) is 3.84. The van der Waals surface area contributed by atoms with E-state index in [1.807, 2.05) is 0 Å². The zero-order valence-electron chi connectivity index (χ0n) is 14.6. The zero-order valence-corrected chi connectivity index (χ0v) is 14.6. The fourth-order valence-electron chi connectivity index (χ4n) is 3.49. The van der Waals surface area contributed by atoms with Gasteiger partial charge in [-0.05, 0) is 6.92 Å². The SMILES string of the molecule is Cc1cc(CN2C[C@@H](C(F)(F)F)[C@H](C(=O)N3CCN(C)C(=O)C3)C2)on1. The van der Waals surface area contributed by atoms with Crippen LogP contribution in [0.25, 0.3) is 0 Å². The molecule has 1 aromatic rings. The highest BCUT2D eigenvalue weighted by Gasteiger charge is 2.53. The summed E-state index contributed by atoms with van der Waals surface area (Å²) in [7, 11) is 1.61. The first-order valence-corrected chi connectivity index (χ1v) is 8.39. The van der Waals surface area contributed by atoms with Crippen LogP contribution in [-0.2, 0) is 16.1 Å². The lowest BCUT2D eigenvalue weighted by Crippen LogP contribution is -2.53. The number of likely N-dealkylation sites (tertiary alicyclic amines) is 1. The van der Waals surface area contributed by atoms with E-state index in [-0.39, 0.29) is 38.6 Å². The molecular formula is C16H21F3N4O3. The second kappa shape index (κ2) is 6.90. The molecule has 26 heavy (non-hydrogen) atoms. The van der Waals surface area contributed by atoms with Gasteiger partial charge < -0.3 is 14.3 Å². The van der Waals surface area contributed by atoms with Crippen LogP contribution in [-0.4, -0.2) is 77.6 Å². The largest absolute Gasteiger partial charge is 0.393 e. The van der Waals surface area contributed by atoms with Gasteiger partial charge in [0.25, 0.3) is 0 Å². The van der Waals surface area contributed by atoms with Gasteiger partial charge in [-0.1, -0.05) is 5.16 Å². The minimum atomic E-state index is -4.48. The number of halogens is 3. The summed E-state index contributed by atoms with van der Waals surface area (Å²) in [5, 5.41) is 3.73. The summed E-state index contributed by atoms with van der Waals surface area (Å²) in [4.78, 5) is 28.8. The first kappa shape index (κ1) is 18.7. The minimum absolute atomic E-state index is 0.0245. The molecule has 3 rings (SSSR count). The van der Waals surface area contributed by atoms with Gasteiger partial charge >= 0.3 is 6.18 Å². The average molecular weight is 374 g/mol. The molecule has 2 fully saturated rings. The minimum Gasteiger partial charge on any atom is -0.360 e. The summed E-state index contributed by atoms with van der Waals surface area (Å²) in [5.74, 6) is -3.37. The first-order chi connectivity index (χ1) is 12.1. The lowest BCUT2D eigenvalue weighted by molar-refractivity contribution is -0.186. The van der Waals surface area contributed by atoms with Crippen LogP contribution < -0.4 is 0 Å². The van der Waals surface area contributed by atoms with E-state index in [0.717, 1.165) is 0 Å². The summed E-state index contributed by atoms with van der Waals surface area (Å²) in [6.45, 7) is 2.01. The fourth-order valence-corrected chi connectivity index (χ4v) is 3.49. The molecule has 0 bridgehead atoms. The Balaban J connectivity index is 1.72. The molecule has 7 nitrogen and oxygen atoms in total. The molecule has 0 N–H and O–H groups in total. The molecule has 2 amide bonds. The van der Waals surface area contributed by atoms with Crippen molar-refractivity contribution in [2.45, 2.75) is 19.6 Å². The summed E-state index contributed by atoms with van der Waals surface area (Å²) < 4.78 is 45.5. The summed E-state index contributed by atoms with van der Waals surface area (Å²) >= 11 is 0. The van der Waals surface area contributed by atoms with E-state index >= 15 is 0 Å². The van der Waals surface area contributed by atoms with E-state index in [1.165, 1.54) is 9.80 Å². The molecular weight excluding hydrogens is 353 g/mol. The van der Waals surface area contributed by atoms with Gasteiger partial charge in [-0.2, -0.15) is 13.2 Å². The third-order valence-corrected chi connectivity index (χ3v) is 4.96. The third-order valence-electron chi connectivity index (χ3n) is 4.96. The molecule has 0 radical (unpaired) electrons. The topological polar surface area (TPSA) is 69.9 Å². The molecule has 10 heteroatoms. The van der Waals surface area contributed by atoms with Gasteiger partial charge in [0.15, 0.2) is 5.76 Å². The second-order valence-corrected chi connectivity index (χ2v) is 6.96. The molecule has 1 aromatic heterocycles. The molecule has 2 saturated heterocycles. The maximum absolute atomic E-state index is 13.5. The Kier molecular flexibility index (Phi) is 4.96. The lowest BCUT2D eigenvalue weighted by Gasteiger charge is -2.34. The quantitative estimate of drug-likeness (QED) is 0.786. The van der Waals surface area contributed by atoms with Crippen molar-refractivity contribution in [3.8, 4) is 0 Å². The van der Waals surface area contributed by atoms with Crippen molar-refractivity contribution in [2.24, 2.45) is 11.8 Å². The first-order valence-electron chi connectivity index (χ1n) is 8.39.